The van der Waals surface area contributed by atoms with Gasteiger partial charge in [0.15, 0.2) is 0 Å². The molecule has 0 radical (unpaired) electrons. The molecule has 6 heteroatoms. The predicted octanol–water partition coefficient (Wildman–Crippen LogP) is 2.58. The summed E-state index contributed by atoms with van der Waals surface area (Å²) in [6.45, 7) is 2.55. The van der Waals surface area contributed by atoms with Gasteiger partial charge in [-0.2, -0.15) is 13.2 Å². The van der Waals surface area contributed by atoms with Crippen LogP contribution in [0.25, 0.3) is 0 Å². The molecule has 3 nitrogen and oxygen atoms in total. The first-order valence-corrected chi connectivity index (χ1v) is 7.34. The van der Waals surface area contributed by atoms with Crippen molar-refractivity contribution in [2.75, 3.05) is 13.1 Å². The Labute approximate surface area is 117 Å². The van der Waals surface area contributed by atoms with E-state index in [0.29, 0.717) is 38.8 Å². The molecule has 4 atom stereocenters. The molecular formula is C14H22F3NO2. The second-order valence-electron chi connectivity index (χ2n) is 6.16. The largest absolute Gasteiger partial charge is 0.393 e. The quantitative estimate of drug-likeness (QED) is 0.807. The second kappa shape index (κ2) is 5.92. The number of carbonyl (C=O) groups is 1. The van der Waals surface area contributed by atoms with Crippen LogP contribution in [0.15, 0.2) is 0 Å². The minimum absolute atomic E-state index is 0.0614. The fourth-order valence-electron chi connectivity index (χ4n) is 3.39. The summed E-state index contributed by atoms with van der Waals surface area (Å²) in [5.41, 5.74) is 0. The molecular weight excluding hydrogens is 271 g/mol. The number of likely N-dealkylation sites (tertiary alicyclic amines) is 1. The highest BCUT2D eigenvalue weighted by Crippen LogP contribution is 2.42. The Morgan fingerprint density at radius 1 is 1.20 bits per heavy atom. The SMILES string of the molecule is CC1CN(C(=O)C2CCCCC2C(F)(F)F)CCC1O. The first-order valence-electron chi connectivity index (χ1n) is 7.34. The average molecular weight is 293 g/mol. The number of alkyl halides is 3. The molecule has 1 N–H and O–H groups in total. The summed E-state index contributed by atoms with van der Waals surface area (Å²) >= 11 is 0. The molecule has 1 aliphatic heterocycles. The highest BCUT2D eigenvalue weighted by molar-refractivity contribution is 5.79. The molecule has 0 spiro atoms. The zero-order valence-electron chi connectivity index (χ0n) is 11.7. The normalized spacial score (nSPS) is 36.0. The molecule has 1 saturated carbocycles. The number of halogens is 3. The standard InChI is InChI=1S/C14H22F3NO2/c1-9-8-18(7-6-12(9)19)13(20)10-4-2-3-5-11(10)14(15,16)17/h9-12,19H,2-8H2,1H3. The third kappa shape index (κ3) is 3.27. The van der Waals surface area contributed by atoms with Crippen molar-refractivity contribution in [2.24, 2.45) is 17.8 Å². The molecule has 116 valence electrons. The average Bonchev–Trinajstić information content (AvgIpc) is 2.40. The lowest BCUT2D eigenvalue weighted by atomic mass is 9.77. The fourth-order valence-corrected chi connectivity index (χ4v) is 3.39. The maximum atomic E-state index is 13.0. The van der Waals surface area contributed by atoms with Crippen LogP contribution in [0.5, 0.6) is 0 Å². The maximum absolute atomic E-state index is 13.0. The Balaban J connectivity index is 2.06. The molecule has 0 aromatic carbocycles. The number of hydrogen-bond acceptors (Lipinski definition) is 2. The molecule has 0 bridgehead atoms. The Morgan fingerprint density at radius 2 is 1.85 bits per heavy atom. The number of rotatable bonds is 1. The van der Waals surface area contributed by atoms with E-state index in [-0.39, 0.29) is 18.2 Å². The van der Waals surface area contributed by atoms with E-state index in [4.69, 9.17) is 0 Å². The van der Waals surface area contributed by atoms with Gasteiger partial charge in [-0.15, -0.1) is 0 Å². The van der Waals surface area contributed by atoms with E-state index >= 15 is 0 Å². The topological polar surface area (TPSA) is 40.5 Å². The van der Waals surface area contributed by atoms with Crippen LogP contribution in [0, 0.1) is 17.8 Å². The van der Waals surface area contributed by atoms with E-state index in [1.165, 1.54) is 4.90 Å². The Hall–Kier alpha value is -0.780. The van der Waals surface area contributed by atoms with Gasteiger partial charge in [0.2, 0.25) is 5.91 Å². The Kier molecular flexibility index (Phi) is 4.62. The zero-order valence-corrected chi connectivity index (χ0v) is 11.7. The van der Waals surface area contributed by atoms with Gasteiger partial charge in [-0.05, 0) is 25.2 Å². The lowest BCUT2D eigenvalue weighted by molar-refractivity contribution is -0.201. The number of hydrogen-bond donors (Lipinski definition) is 1. The predicted molar refractivity (Wildman–Crippen MR) is 67.9 cm³/mol. The molecule has 2 aliphatic rings. The molecule has 20 heavy (non-hydrogen) atoms. The van der Waals surface area contributed by atoms with Crippen LogP contribution in [0.1, 0.15) is 39.0 Å². The summed E-state index contributed by atoms with van der Waals surface area (Å²) < 4.78 is 39.1. The van der Waals surface area contributed by atoms with Crippen molar-refractivity contribution in [3.05, 3.63) is 0 Å². The Bertz CT molecular complexity index is 359. The third-order valence-electron chi connectivity index (χ3n) is 4.68. The lowest BCUT2D eigenvalue weighted by Gasteiger charge is -2.39. The highest BCUT2D eigenvalue weighted by Gasteiger charge is 2.49. The van der Waals surface area contributed by atoms with Crippen LogP contribution in [0.4, 0.5) is 13.2 Å². The molecule has 1 aliphatic carbocycles. The van der Waals surface area contributed by atoms with E-state index in [1.807, 2.05) is 6.92 Å². The van der Waals surface area contributed by atoms with E-state index in [9.17, 15) is 23.1 Å². The fraction of sp³-hybridized carbons (Fsp3) is 0.929. The number of nitrogens with zero attached hydrogens (tertiary/aromatic N) is 1. The molecule has 1 heterocycles. The van der Waals surface area contributed by atoms with Gasteiger partial charge >= 0.3 is 6.18 Å². The van der Waals surface area contributed by atoms with Crippen molar-refractivity contribution in [3.8, 4) is 0 Å². The lowest BCUT2D eigenvalue weighted by Crippen LogP contribution is -2.50. The smallest absolute Gasteiger partial charge is 0.392 e. The summed E-state index contributed by atoms with van der Waals surface area (Å²) in [7, 11) is 0. The zero-order chi connectivity index (χ0) is 14.9. The van der Waals surface area contributed by atoms with Crippen LogP contribution in [-0.2, 0) is 4.79 Å². The van der Waals surface area contributed by atoms with Crippen molar-refractivity contribution in [1.82, 2.24) is 4.90 Å². The van der Waals surface area contributed by atoms with Crippen LogP contribution < -0.4 is 0 Å². The molecule has 2 rings (SSSR count). The van der Waals surface area contributed by atoms with E-state index < -0.39 is 24.1 Å². The third-order valence-corrected chi connectivity index (χ3v) is 4.68. The van der Waals surface area contributed by atoms with Crippen molar-refractivity contribution < 1.29 is 23.1 Å². The van der Waals surface area contributed by atoms with E-state index in [2.05, 4.69) is 0 Å². The number of amides is 1. The van der Waals surface area contributed by atoms with Crippen LogP contribution in [-0.4, -0.2) is 41.3 Å². The minimum Gasteiger partial charge on any atom is -0.393 e. The summed E-state index contributed by atoms with van der Waals surface area (Å²) in [4.78, 5) is 13.9. The summed E-state index contributed by atoms with van der Waals surface area (Å²) in [5, 5.41) is 9.65. The molecule has 0 aromatic rings. The number of aliphatic hydroxyl groups excluding tert-OH is 1. The number of carbonyl (C=O) groups excluding carboxylic acids is 1. The van der Waals surface area contributed by atoms with Gasteiger partial charge in [-0.25, -0.2) is 0 Å². The van der Waals surface area contributed by atoms with Crippen LogP contribution in [0.2, 0.25) is 0 Å². The molecule has 4 unspecified atom stereocenters. The van der Waals surface area contributed by atoms with Gasteiger partial charge < -0.3 is 10.0 Å². The van der Waals surface area contributed by atoms with Crippen LogP contribution >= 0.6 is 0 Å². The van der Waals surface area contributed by atoms with Crippen LogP contribution in [0.3, 0.4) is 0 Å². The maximum Gasteiger partial charge on any atom is 0.392 e. The number of piperidine rings is 1. The van der Waals surface area contributed by atoms with Gasteiger partial charge in [0.05, 0.1) is 12.0 Å². The van der Waals surface area contributed by atoms with E-state index in [1.54, 1.807) is 0 Å². The highest BCUT2D eigenvalue weighted by atomic mass is 19.4. The second-order valence-corrected chi connectivity index (χ2v) is 6.16. The molecule has 0 aromatic heterocycles. The van der Waals surface area contributed by atoms with Gasteiger partial charge in [-0.3, -0.25) is 4.79 Å². The molecule has 1 amide bonds. The minimum atomic E-state index is -4.29. The van der Waals surface area contributed by atoms with Crippen molar-refractivity contribution in [3.63, 3.8) is 0 Å². The summed E-state index contributed by atoms with van der Waals surface area (Å²) in [6.07, 6.45) is -2.66. The van der Waals surface area contributed by atoms with Gasteiger partial charge in [-0.1, -0.05) is 19.8 Å². The number of aliphatic hydroxyl groups is 1. The first-order chi connectivity index (χ1) is 9.30. The summed E-state index contributed by atoms with van der Waals surface area (Å²) in [6, 6.07) is 0. The first kappa shape index (κ1) is 15.6. The monoisotopic (exact) mass is 293 g/mol. The Morgan fingerprint density at radius 3 is 2.45 bits per heavy atom. The van der Waals surface area contributed by atoms with Gasteiger partial charge in [0, 0.05) is 19.0 Å². The van der Waals surface area contributed by atoms with Gasteiger partial charge in [0.1, 0.15) is 0 Å². The molecule has 1 saturated heterocycles. The van der Waals surface area contributed by atoms with E-state index in [0.717, 1.165) is 0 Å². The van der Waals surface area contributed by atoms with Crippen molar-refractivity contribution in [2.45, 2.75) is 51.3 Å². The van der Waals surface area contributed by atoms with Gasteiger partial charge in [0.25, 0.3) is 0 Å². The summed E-state index contributed by atoms with van der Waals surface area (Å²) in [5.74, 6) is -2.86. The van der Waals surface area contributed by atoms with Crippen molar-refractivity contribution >= 4 is 5.91 Å². The van der Waals surface area contributed by atoms with Crippen molar-refractivity contribution in [1.29, 1.82) is 0 Å². The molecule has 2 fully saturated rings.